The molecule has 7 heteroatoms. The molecule has 0 saturated heterocycles. The van der Waals surface area contributed by atoms with E-state index in [9.17, 15) is 19.5 Å². The zero-order valence-electron chi connectivity index (χ0n) is 16.7. The van der Waals surface area contributed by atoms with E-state index in [1.165, 1.54) is 20.3 Å². The first-order valence-corrected chi connectivity index (χ1v) is 8.82. The van der Waals surface area contributed by atoms with Crippen LogP contribution in [0.2, 0.25) is 0 Å². The zero-order valence-corrected chi connectivity index (χ0v) is 16.7. The number of hydrogen-bond acceptors (Lipinski definition) is 6. The highest BCUT2D eigenvalue weighted by Gasteiger charge is 2.27. The van der Waals surface area contributed by atoms with Crippen molar-refractivity contribution in [1.29, 1.82) is 0 Å². The molecule has 2 aromatic rings. The van der Waals surface area contributed by atoms with Crippen LogP contribution in [-0.2, 0) is 27.4 Å². The van der Waals surface area contributed by atoms with Crippen LogP contribution in [0.3, 0.4) is 0 Å². The number of methoxy groups -OCH3 is 1. The highest BCUT2D eigenvalue weighted by atomic mass is 16.5. The third kappa shape index (κ3) is 4.48. The minimum Gasteiger partial charge on any atom is -0.466 e. The lowest BCUT2D eigenvalue weighted by Gasteiger charge is -2.21. The molecule has 1 aromatic heterocycles. The Balaban J connectivity index is 2.74. The van der Waals surface area contributed by atoms with Crippen molar-refractivity contribution in [2.24, 2.45) is 5.41 Å². The van der Waals surface area contributed by atoms with Crippen LogP contribution < -0.4 is 5.32 Å². The van der Waals surface area contributed by atoms with Crippen LogP contribution in [-0.4, -0.2) is 29.9 Å². The lowest BCUT2D eigenvalue weighted by Crippen LogP contribution is -2.29. The Morgan fingerprint density at radius 3 is 2.36 bits per heavy atom. The van der Waals surface area contributed by atoms with Gasteiger partial charge in [0.2, 0.25) is 5.91 Å². The van der Waals surface area contributed by atoms with Gasteiger partial charge in [0.15, 0.2) is 0 Å². The van der Waals surface area contributed by atoms with Gasteiger partial charge in [-0.2, -0.15) is 0 Å². The number of aliphatic hydroxyl groups is 1. The maximum Gasteiger partial charge on any atom is 0.340 e. The fraction of sp³-hybridized carbons (Fsp3) is 0.381. The van der Waals surface area contributed by atoms with Crippen LogP contribution in [0.1, 0.15) is 49.4 Å². The predicted molar refractivity (Wildman–Crippen MR) is 104 cm³/mol. The van der Waals surface area contributed by atoms with Gasteiger partial charge in [-0.25, -0.2) is 4.79 Å². The van der Waals surface area contributed by atoms with E-state index in [1.54, 1.807) is 39.0 Å². The summed E-state index contributed by atoms with van der Waals surface area (Å²) >= 11 is 0. The number of anilines is 1. The SMILES string of the molecule is COC(=O)c1c(NC(=O)C(C)(C)C)ccc(-c2ccoc2CO)c1CC(C)=O. The average molecular weight is 387 g/mol. The topological polar surface area (TPSA) is 106 Å². The molecule has 0 saturated carbocycles. The number of aliphatic hydroxyl groups excluding tert-OH is 1. The molecule has 0 unspecified atom stereocenters. The summed E-state index contributed by atoms with van der Waals surface area (Å²) in [6.45, 7) is 6.34. The van der Waals surface area contributed by atoms with Gasteiger partial charge in [0.25, 0.3) is 0 Å². The molecule has 0 aliphatic carbocycles. The molecule has 150 valence electrons. The Labute approximate surface area is 163 Å². The molecule has 0 radical (unpaired) electrons. The van der Waals surface area contributed by atoms with Gasteiger partial charge in [0.1, 0.15) is 18.2 Å². The summed E-state index contributed by atoms with van der Waals surface area (Å²) in [6.07, 6.45) is 1.38. The molecule has 0 aliphatic heterocycles. The van der Waals surface area contributed by atoms with E-state index in [2.05, 4.69) is 5.32 Å². The van der Waals surface area contributed by atoms with E-state index >= 15 is 0 Å². The van der Waals surface area contributed by atoms with Crippen molar-refractivity contribution < 1.29 is 28.6 Å². The summed E-state index contributed by atoms with van der Waals surface area (Å²) in [7, 11) is 1.24. The van der Waals surface area contributed by atoms with Crippen LogP contribution in [0.25, 0.3) is 11.1 Å². The Bertz CT molecular complexity index is 904. The molecule has 0 spiro atoms. The largest absolute Gasteiger partial charge is 0.466 e. The molecule has 0 bridgehead atoms. The normalized spacial score (nSPS) is 11.2. The number of esters is 1. The third-order valence-corrected chi connectivity index (χ3v) is 4.24. The molecule has 1 heterocycles. The number of carbonyl (C=O) groups is 3. The van der Waals surface area contributed by atoms with Crippen molar-refractivity contribution in [1.82, 2.24) is 0 Å². The van der Waals surface area contributed by atoms with Crippen LogP contribution in [0.4, 0.5) is 5.69 Å². The number of amides is 1. The Morgan fingerprint density at radius 2 is 1.82 bits per heavy atom. The van der Waals surface area contributed by atoms with Crippen LogP contribution in [0, 0.1) is 5.41 Å². The summed E-state index contributed by atoms with van der Waals surface area (Å²) in [5.74, 6) is -0.804. The second kappa shape index (κ2) is 8.39. The first-order chi connectivity index (χ1) is 13.1. The summed E-state index contributed by atoms with van der Waals surface area (Å²) in [6, 6.07) is 4.93. The quantitative estimate of drug-likeness (QED) is 0.737. The van der Waals surface area contributed by atoms with Crippen LogP contribution in [0.15, 0.2) is 28.9 Å². The second-order valence-corrected chi connectivity index (χ2v) is 7.50. The van der Waals surface area contributed by atoms with Gasteiger partial charge in [-0.05, 0) is 30.2 Å². The number of ether oxygens (including phenoxy) is 1. The van der Waals surface area contributed by atoms with Gasteiger partial charge < -0.3 is 19.6 Å². The fourth-order valence-electron chi connectivity index (χ4n) is 2.78. The highest BCUT2D eigenvalue weighted by Crippen LogP contribution is 2.35. The molecular formula is C21H25NO6. The molecule has 28 heavy (non-hydrogen) atoms. The standard InChI is InChI=1S/C21H25NO6/c1-12(24)10-15-13(14-8-9-28-17(14)11-23)6-7-16(18(15)19(25)27-5)22-20(26)21(2,3)4/h6-9,23H,10-11H2,1-5H3,(H,22,26). The number of rotatable bonds is 6. The molecule has 0 atom stereocenters. The minimum absolute atomic E-state index is 0.0466. The second-order valence-electron chi connectivity index (χ2n) is 7.50. The number of benzene rings is 1. The van der Waals surface area contributed by atoms with Crippen molar-refractivity contribution >= 4 is 23.3 Å². The Kier molecular flexibility index (Phi) is 6.41. The third-order valence-electron chi connectivity index (χ3n) is 4.24. The Morgan fingerprint density at radius 1 is 1.14 bits per heavy atom. The van der Waals surface area contributed by atoms with E-state index < -0.39 is 11.4 Å². The maximum atomic E-state index is 12.6. The summed E-state index contributed by atoms with van der Waals surface area (Å²) in [5, 5.41) is 12.3. The van der Waals surface area contributed by atoms with Gasteiger partial charge in [0.05, 0.1) is 24.6 Å². The van der Waals surface area contributed by atoms with Crippen LogP contribution in [0.5, 0.6) is 0 Å². The van der Waals surface area contributed by atoms with E-state index in [0.717, 1.165) is 0 Å². The van der Waals surface area contributed by atoms with Gasteiger partial charge >= 0.3 is 5.97 Å². The number of ketones is 1. The van der Waals surface area contributed by atoms with Crippen molar-refractivity contribution in [3.63, 3.8) is 0 Å². The highest BCUT2D eigenvalue weighted by molar-refractivity contribution is 6.06. The number of carbonyl (C=O) groups excluding carboxylic acids is 3. The van der Waals surface area contributed by atoms with E-state index in [1.807, 2.05) is 0 Å². The number of hydrogen-bond donors (Lipinski definition) is 2. The molecule has 1 amide bonds. The lowest BCUT2D eigenvalue weighted by molar-refractivity contribution is -0.123. The summed E-state index contributed by atoms with van der Waals surface area (Å²) in [5.41, 5.74) is 1.22. The zero-order chi connectivity index (χ0) is 21.1. The van der Waals surface area contributed by atoms with Crippen molar-refractivity contribution in [2.75, 3.05) is 12.4 Å². The Hall–Kier alpha value is -2.93. The predicted octanol–water partition coefficient (Wildman–Crippen LogP) is 3.34. The minimum atomic E-state index is -0.679. The molecule has 0 fully saturated rings. The fourth-order valence-corrected chi connectivity index (χ4v) is 2.78. The maximum absolute atomic E-state index is 12.6. The van der Waals surface area contributed by atoms with Gasteiger partial charge in [-0.3, -0.25) is 9.59 Å². The molecule has 0 aliphatic rings. The van der Waals surface area contributed by atoms with E-state index in [4.69, 9.17) is 9.15 Å². The summed E-state index contributed by atoms with van der Waals surface area (Å²) < 4.78 is 10.2. The number of nitrogens with one attached hydrogen (secondary N) is 1. The smallest absolute Gasteiger partial charge is 0.340 e. The van der Waals surface area contributed by atoms with Crippen molar-refractivity contribution in [2.45, 2.75) is 40.7 Å². The van der Waals surface area contributed by atoms with Gasteiger partial charge in [0, 0.05) is 17.4 Å². The average Bonchev–Trinajstić information content (AvgIpc) is 3.08. The first-order valence-electron chi connectivity index (χ1n) is 8.82. The molecule has 1 aromatic carbocycles. The molecule has 7 nitrogen and oxygen atoms in total. The van der Waals surface area contributed by atoms with Crippen molar-refractivity contribution in [3.05, 3.63) is 41.3 Å². The van der Waals surface area contributed by atoms with Gasteiger partial charge in [-0.1, -0.05) is 26.8 Å². The molecule has 2 rings (SSSR count). The van der Waals surface area contributed by atoms with Crippen LogP contribution >= 0.6 is 0 Å². The lowest BCUT2D eigenvalue weighted by atomic mass is 9.90. The summed E-state index contributed by atoms with van der Waals surface area (Å²) in [4.78, 5) is 37.0. The van der Waals surface area contributed by atoms with Crippen molar-refractivity contribution in [3.8, 4) is 11.1 Å². The van der Waals surface area contributed by atoms with E-state index in [0.29, 0.717) is 22.5 Å². The molecular weight excluding hydrogens is 362 g/mol. The monoisotopic (exact) mass is 387 g/mol. The van der Waals surface area contributed by atoms with Gasteiger partial charge in [-0.15, -0.1) is 0 Å². The molecule has 2 N–H and O–H groups in total. The number of furan rings is 1. The number of Topliss-reactive ketones (excluding diaryl/α,β-unsaturated/α-hetero) is 1. The van der Waals surface area contributed by atoms with E-state index in [-0.39, 0.29) is 36.0 Å². The first kappa shape index (κ1) is 21.4.